The standard InChI is InChI=1S/C23H21BrN4O4/c1-13-11-17(7-10-19(13)24)28-14(2)21(26-27-28)23(29)31-12-20-15(3)32-22(25-20)16-5-8-18(30-4)9-6-16/h5-11H,12H2,1-4H3. The molecule has 0 bridgehead atoms. The lowest BCUT2D eigenvalue weighted by atomic mass is 10.2. The zero-order valence-electron chi connectivity index (χ0n) is 18.0. The van der Waals surface area contributed by atoms with Gasteiger partial charge in [0.05, 0.1) is 18.5 Å². The van der Waals surface area contributed by atoms with Gasteiger partial charge in [-0.15, -0.1) is 5.10 Å². The van der Waals surface area contributed by atoms with E-state index in [1.165, 1.54) is 0 Å². The highest BCUT2D eigenvalue weighted by Crippen LogP contribution is 2.25. The summed E-state index contributed by atoms with van der Waals surface area (Å²) in [7, 11) is 1.61. The number of oxazole rings is 1. The number of ether oxygens (including phenoxy) is 2. The van der Waals surface area contributed by atoms with Crippen LogP contribution in [0, 0.1) is 20.8 Å². The van der Waals surface area contributed by atoms with E-state index in [2.05, 4.69) is 31.2 Å². The fraction of sp³-hybridized carbons (Fsp3) is 0.217. The molecule has 0 unspecified atom stereocenters. The van der Waals surface area contributed by atoms with Crippen LogP contribution in [-0.4, -0.2) is 33.1 Å². The van der Waals surface area contributed by atoms with E-state index in [4.69, 9.17) is 13.9 Å². The first kappa shape index (κ1) is 21.8. The summed E-state index contributed by atoms with van der Waals surface area (Å²) in [6.45, 7) is 5.50. The van der Waals surface area contributed by atoms with E-state index in [0.717, 1.165) is 27.0 Å². The van der Waals surface area contributed by atoms with Crippen LogP contribution >= 0.6 is 15.9 Å². The number of carbonyl (C=O) groups excluding carboxylic acids is 1. The largest absolute Gasteiger partial charge is 0.497 e. The molecule has 0 atom stereocenters. The molecule has 0 fully saturated rings. The minimum atomic E-state index is -0.573. The predicted molar refractivity (Wildman–Crippen MR) is 121 cm³/mol. The predicted octanol–water partition coefficient (Wildman–Crippen LogP) is 4.98. The second-order valence-corrected chi connectivity index (χ2v) is 8.05. The van der Waals surface area contributed by atoms with Gasteiger partial charge in [0.2, 0.25) is 5.89 Å². The highest BCUT2D eigenvalue weighted by molar-refractivity contribution is 9.10. The normalized spacial score (nSPS) is 10.9. The zero-order chi connectivity index (χ0) is 22.8. The van der Waals surface area contributed by atoms with E-state index in [0.29, 0.717) is 23.0 Å². The Morgan fingerprint density at radius 2 is 1.88 bits per heavy atom. The maximum absolute atomic E-state index is 12.6. The molecule has 164 valence electrons. The molecule has 2 heterocycles. The first-order valence-electron chi connectivity index (χ1n) is 9.84. The second kappa shape index (κ2) is 8.96. The van der Waals surface area contributed by atoms with Gasteiger partial charge in [0.15, 0.2) is 5.69 Å². The first-order valence-corrected chi connectivity index (χ1v) is 10.6. The smallest absolute Gasteiger partial charge is 0.361 e. The molecule has 4 rings (SSSR count). The number of hydrogen-bond donors (Lipinski definition) is 0. The summed E-state index contributed by atoms with van der Waals surface area (Å²) < 4.78 is 19.0. The minimum Gasteiger partial charge on any atom is -0.497 e. The molecule has 0 spiro atoms. The van der Waals surface area contributed by atoms with Crippen LogP contribution in [0.1, 0.15) is 33.2 Å². The molecule has 9 heteroatoms. The summed E-state index contributed by atoms with van der Waals surface area (Å²) in [5, 5.41) is 8.13. The highest BCUT2D eigenvalue weighted by atomic mass is 79.9. The molecule has 0 aliphatic rings. The molecular weight excluding hydrogens is 476 g/mol. The van der Waals surface area contributed by atoms with Crippen LogP contribution < -0.4 is 4.74 Å². The van der Waals surface area contributed by atoms with E-state index in [1.807, 2.05) is 49.4 Å². The molecule has 0 aliphatic carbocycles. The number of halogens is 1. The van der Waals surface area contributed by atoms with Crippen molar-refractivity contribution < 1.29 is 18.7 Å². The maximum Gasteiger partial charge on any atom is 0.361 e. The van der Waals surface area contributed by atoms with Gasteiger partial charge in [0.1, 0.15) is 23.8 Å². The Morgan fingerprint density at radius 3 is 2.56 bits per heavy atom. The number of carbonyl (C=O) groups is 1. The Balaban J connectivity index is 1.48. The fourth-order valence-corrected chi connectivity index (χ4v) is 3.39. The van der Waals surface area contributed by atoms with E-state index in [9.17, 15) is 4.79 Å². The van der Waals surface area contributed by atoms with Gasteiger partial charge in [0.25, 0.3) is 0 Å². The summed E-state index contributed by atoms with van der Waals surface area (Å²) in [5.74, 6) is 1.20. The molecule has 8 nitrogen and oxygen atoms in total. The molecule has 4 aromatic rings. The van der Waals surface area contributed by atoms with Crippen molar-refractivity contribution in [2.45, 2.75) is 27.4 Å². The molecule has 0 saturated carbocycles. The van der Waals surface area contributed by atoms with Gasteiger partial charge < -0.3 is 13.9 Å². The van der Waals surface area contributed by atoms with Crippen LogP contribution in [0.15, 0.2) is 51.4 Å². The average Bonchev–Trinajstić information content (AvgIpc) is 3.36. The zero-order valence-corrected chi connectivity index (χ0v) is 19.6. The Kier molecular flexibility index (Phi) is 6.09. The highest BCUT2D eigenvalue weighted by Gasteiger charge is 2.21. The van der Waals surface area contributed by atoms with E-state index < -0.39 is 5.97 Å². The molecule has 2 aromatic carbocycles. The van der Waals surface area contributed by atoms with Crippen molar-refractivity contribution in [3.8, 4) is 22.9 Å². The third-order valence-electron chi connectivity index (χ3n) is 5.04. The summed E-state index contributed by atoms with van der Waals surface area (Å²) >= 11 is 3.48. The molecule has 0 saturated heterocycles. The van der Waals surface area contributed by atoms with Crippen LogP contribution in [-0.2, 0) is 11.3 Å². The van der Waals surface area contributed by atoms with Crippen LogP contribution in [0.5, 0.6) is 5.75 Å². The Bertz CT molecular complexity index is 1280. The second-order valence-electron chi connectivity index (χ2n) is 7.20. The molecule has 0 aliphatic heterocycles. The van der Waals surface area contributed by atoms with Crippen molar-refractivity contribution in [3.05, 3.63) is 75.3 Å². The third kappa shape index (κ3) is 4.29. The lowest BCUT2D eigenvalue weighted by Crippen LogP contribution is -2.09. The Labute approximate surface area is 193 Å². The number of methoxy groups -OCH3 is 1. The molecule has 0 radical (unpaired) electrons. The molecule has 0 N–H and O–H groups in total. The summed E-state index contributed by atoms with van der Waals surface area (Å²) in [5.41, 5.74) is 3.95. The van der Waals surface area contributed by atoms with Crippen molar-refractivity contribution in [3.63, 3.8) is 0 Å². The van der Waals surface area contributed by atoms with Crippen molar-refractivity contribution >= 4 is 21.9 Å². The maximum atomic E-state index is 12.6. The number of rotatable bonds is 6. The van der Waals surface area contributed by atoms with Crippen LogP contribution in [0.4, 0.5) is 0 Å². The van der Waals surface area contributed by atoms with E-state index >= 15 is 0 Å². The number of esters is 1. The Hall–Kier alpha value is -3.46. The summed E-state index contributed by atoms with van der Waals surface area (Å²) in [4.78, 5) is 17.1. The monoisotopic (exact) mass is 496 g/mol. The Morgan fingerprint density at radius 1 is 1.12 bits per heavy atom. The molecule has 32 heavy (non-hydrogen) atoms. The lowest BCUT2D eigenvalue weighted by molar-refractivity contribution is 0.0459. The lowest BCUT2D eigenvalue weighted by Gasteiger charge is -2.06. The van der Waals surface area contributed by atoms with Gasteiger partial charge in [-0.1, -0.05) is 21.1 Å². The quantitative estimate of drug-likeness (QED) is 0.347. The fourth-order valence-electron chi connectivity index (χ4n) is 3.14. The number of aromatic nitrogens is 4. The van der Waals surface area contributed by atoms with Crippen LogP contribution in [0.2, 0.25) is 0 Å². The molecular formula is C23H21BrN4O4. The van der Waals surface area contributed by atoms with Crippen LogP contribution in [0.3, 0.4) is 0 Å². The van der Waals surface area contributed by atoms with E-state index in [-0.39, 0.29) is 12.3 Å². The first-order chi connectivity index (χ1) is 15.4. The van der Waals surface area contributed by atoms with Gasteiger partial charge in [0, 0.05) is 10.0 Å². The SMILES string of the molecule is COc1ccc(-c2nc(COC(=O)c3nnn(-c4ccc(Br)c(C)c4)c3C)c(C)o2)cc1. The number of hydrogen-bond acceptors (Lipinski definition) is 7. The number of aryl methyl sites for hydroxylation is 2. The number of nitrogens with zero attached hydrogens (tertiary/aromatic N) is 4. The van der Waals surface area contributed by atoms with Gasteiger partial charge in [-0.2, -0.15) is 0 Å². The van der Waals surface area contributed by atoms with Crippen molar-refractivity contribution in [2.75, 3.05) is 7.11 Å². The van der Waals surface area contributed by atoms with Gasteiger partial charge in [-0.3, -0.25) is 0 Å². The minimum absolute atomic E-state index is 0.0337. The molecule has 0 amide bonds. The van der Waals surface area contributed by atoms with Crippen molar-refractivity contribution in [1.29, 1.82) is 0 Å². The summed E-state index contributed by atoms with van der Waals surface area (Å²) in [6.07, 6.45) is 0. The van der Waals surface area contributed by atoms with Crippen molar-refractivity contribution in [1.82, 2.24) is 20.0 Å². The topological polar surface area (TPSA) is 92.3 Å². The van der Waals surface area contributed by atoms with Crippen LogP contribution in [0.25, 0.3) is 17.1 Å². The van der Waals surface area contributed by atoms with Gasteiger partial charge in [-0.25, -0.2) is 14.5 Å². The van der Waals surface area contributed by atoms with E-state index in [1.54, 1.807) is 25.6 Å². The average molecular weight is 497 g/mol. The number of benzene rings is 2. The third-order valence-corrected chi connectivity index (χ3v) is 5.93. The van der Waals surface area contributed by atoms with Crippen molar-refractivity contribution in [2.24, 2.45) is 0 Å². The van der Waals surface area contributed by atoms with Gasteiger partial charge in [-0.05, 0) is 68.8 Å². The van der Waals surface area contributed by atoms with Gasteiger partial charge >= 0.3 is 5.97 Å². The molecule has 2 aromatic heterocycles. The summed E-state index contributed by atoms with van der Waals surface area (Å²) in [6, 6.07) is 13.1.